The van der Waals surface area contributed by atoms with Gasteiger partial charge in [-0.25, -0.2) is 4.79 Å². The lowest BCUT2D eigenvalue weighted by molar-refractivity contribution is -0.155. The number of aromatic nitrogens is 1. The smallest absolute Gasteiger partial charge is 0.375 e. The van der Waals surface area contributed by atoms with Crippen LogP contribution < -0.4 is 0 Å². The van der Waals surface area contributed by atoms with Gasteiger partial charge in [0, 0.05) is 29.2 Å². The first-order valence-corrected chi connectivity index (χ1v) is 16.2. The van der Waals surface area contributed by atoms with Crippen molar-refractivity contribution in [3.05, 3.63) is 77.9 Å². The fourth-order valence-electron chi connectivity index (χ4n) is 9.17. The third-order valence-electron chi connectivity index (χ3n) is 11.4. The molecule has 7 rings (SSSR count). The van der Waals surface area contributed by atoms with Crippen LogP contribution in [0.5, 0.6) is 0 Å². The molecule has 0 radical (unpaired) electrons. The second-order valence-corrected chi connectivity index (χ2v) is 14.2. The van der Waals surface area contributed by atoms with Crippen molar-refractivity contribution in [3.63, 3.8) is 0 Å². The van der Waals surface area contributed by atoms with Crippen molar-refractivity contribution in [2.24, 2.45) is 28.6 Å². The lowest BCUT2D eigenvalue weighted by Crippen LogP contribution is -2.58. The maximum Gasteiger partial charge on any atom is 0.375 e. The van der Waals surface area contributed by atoms with Crippen LogP contribution >= 0.6 is 11.8 Å². The van der Waals surface area contributed by atoms with Crippen molar-refractivity contribution in [2.75, 3.05) is 0 Å². The SMILES string of the molecule is CC12CCC(=O)C=C1CCC1C2CCC2(C)C1CC[C@]2(OC(=O)c1ccco1)C(=O)SCc1ccc2cccnc2c1. The van der Waals surface area contributed by atoms with Crippen LogP contribution in [0.2, 0.25) is 0 Å². The molecular formula is C35H37NO5S. The number of ketones is 1. The van der Waals surface area contributed by atoms with Crippen LogP contribution in [0.25, 0.3) is 10.9 Å². The standard InChI is InChI=1S/C35H37NO5S/c1-33-14-11-25(37)20-24(33)9-10-26-27(33)12-15-34(2)28(26)13-16-35(34,41-31(38)30-6-4-18-40-30)32(39)42-21-22-7-8-23-5-3-17-36-29(23)19-22/h3-8,17-20,26-28H,9-16,21H2,1-2H3/t26?,27?,28?,33?,34?,35-/m0/s1. The van der Waals surface area contributed by atoms with Crippen molar-refractivity contribution in [1.29, 1.82) is 0 Å². The van der Waals surface area contributed by atoms with Crippen LogP contribution in [0.15, 0.2) is 71.0 Å². The Bertz CT molecular complexity index is 1600. The summed E-state index contributed by atoms with van der Waals surface area (Å²) in [5.74, 6) is 1.49. The van der Waals surface area contributed by atoms with Gasteiger partial charge >= 0.3 is 5.97 Å². The molecule has 0 aliphatic heterocycles. The Balaban J connectivity index is 1.20. The molecule has 1 aromatic carbocycles. The van der Waals surface area contributed by atoms with Crippen molar-refractivity contribution >= 4 is 39.5 Å². The molecule has 42 heavy (non-hydrogen) atoms. The number of ether oxygens (including phenoxy) is 1. The molecule has 0 bridgehead atoms. The third-order valence-corrected chi connectivity index (χ3v) is 12.5. The first-order chi connectivity index (χ1) is 20.2. The van der Waals surface area contributed by atoms with Gasteiger partial charge in [-0.15, -0.1) is 0 Å². The maximum absolute atomic E-state index is 14.4. The van der Waals surface area contributed by atoms with Crippen molar-refractivity contribution in [3.8, 4) is 0 Å². The predicted octanol–water partition coefficient (Wildman–Crippen LogP) is 7.72. The Morgan fingerprint density at radius 1 is 1.02 bits per heavy atom. The number of fused-ring (bicyclic) bond motifs is 6. The van der Waals surface area contributed by atoms with E-state index in [-0.39, 0.29) is 28.0 Å². The molecule has 3 fully saturated rings. The number of nitrogens with zero attached hydrogens (tertiary/aromatic N) is 1. The fraction of sp³-hybridized carbons (Fsp3) is 0.486. The molecule has 5 unspecified atom stereocenters. The van der Waals surface area contributed by atoms with E-state index in [4.69, 9.17) is 9.15 Å². The van der Waals surface area contributed by atoms with Crippen molar-refractivity contribution in [1.82, 2.24) is 4.98 Å². The number of carbonyl (C=O) groups is 3. The highest BCUT2D eigenvalue weighted by Crippen LogP contribution is 2.69. The van der Waals surface area contributed by atoms with E-state index in [1.165, 1.54) is 23.6 Å². The van der Waals surface area contributed by atoms with Gasteiger partial charge in [-0.3, -0.25) is 14.6 Å². The van der Waals surface area contributed by atoms with Gasteiger partial charge in [0.25, 0.3) is 0 Å². The van der Waals surface area contributed by atoms with Gasteiger partial charge in [0.2, 0.25) is 10.9 Å². The molecule has 0 amide bonds. The molecule has 0 N–H and O–H groups in total. The monoisotopic (exact) mass is 583 g/mol. The molecule has 6 atom stereocenters. The number of benzene rings is 1. The number of pyridine rings is 1. The van der Waals surface area contributed by atoms with E-state index in [2.05, 4.69) is 18.8 Å². The Labute approximate surface area is 250 Å². The van der Waals surface area contributed by atoms with E-state index in [9.17, 15) is 14.4 Å². The largest absolute Gasteiger partial charge is 0.457 e. The average molecular weight is 584 g/mol. The molecular weight excluding hydrogens is 546 g/mol. The highest BCUT2D eigenvalue weighted by atomic mass is 32.2. The average Bonchev–Trinajstić information content (AvgIpc) is 3.64. The number of hydrogen-bond acceptors (Lipinski definition) is 7. The summed E-state index contributed by atoms with van der Waals surface area (Å²) in [7, 11) is 0. The highest BCUT2D eigenvalue weighted by Gasteiger charge is 2.69. The lowest BCUT2D eigenvalue weighted by atomic mass is 9.46. The number of rotatable bonds is 5. The van der Waals surface area contributed by atoms with Crippen LogP contribution in [0.4, 0.5) is 0 Å². The van der Waals surface area contributed by atoms with Gasteiger partial charge < -0.3 is 9.15 Å². The number of furan rings is 1. The summed E-state index contributed by atoms with van der Waals surface area (Å²) < 4.78 is 11.8. The number of thioether (sulfide) groups is 1. The van der Waals surface area contributed by atoms with Crippen LogP contribution in [0.1, 0.15) is 81.3 Å². The highest BCUT2D eigenvalue weighted by molar-refractivity contribution is 8.13. The van der Waals surface area contributed by atoms with Crippen LogP contribution in [-0.4, -0.2) is 27.5 Å². The molecule has 0 saturated heterocycles. The number of carbonyl (C=O) groups excluding carboxylic acids is 3. The van der Waals surface area contributed by atoms with Crippen LogP contribution in [-0.2, 0) is 20.1 Å². The summed E-state index contributed by atoms with van der Waals surface area (Å²) in [4.78, 5) is 44.6. The van der Waals surface area contributed by atoms with Gasteiger partial charge in [0.05, 0.1) is 11.8 Å². The Morgan fingerprint density at radius 2 is 1.88 bits per heavy atom. The summed E-state index contributed by atoms with van der Waals surface area (Å²) in [5.41, 5.74) is 1.57. The van der Waals surface area contributed by atoms with Crippen LogP contribution in [0, 0.1) is 28.6 Å². The Hall–Kier alpha value is -3.19. The van der Waals surface area contributed by atoms with E-state index < -0.39 is 17.0 Å². The summed E-state index contributed by atoms with van der Waals surface area (Å²) in [5, 5.41) is 0.990. The zero-order valence-electron chi connectivity index (χ0n) is 24.3. The van der Waals surface area contributed by atoms with E-state index in [1.54, 1.807) is 18.3 Å². The van der Waals surface area contributed by atoms with Gasteiger partial charge in [0.15, 0.2) is 11.4 Å². The van der Waals surface area contributed by atoms with E-state index in [0.29, 0.717) is 30.4 Å². The molecule has 3 saturated carbocycles. The summed E-state index contributed by atoms with van der Waals surface area (Å²) >= 11 is 1.25. The van der Waals surface area contributed by atoms with Crippen molar-refractivity contribution in [2.45, 2.75) is 76.6 Å². The molecule has 2 aromatic heterocycles. The van der Waals surface area contributed by atoms with Gasteiger partial charge in [-0.2, -0.15) is 0 Å². The first-order valence-electron chi connectivity index (χ1n) is 15.3. The summed E-state index contributed by atoms with van der Waals surface area (Å²) in [6.07, 6.45) is 11.8. The van der Waals surface area contributed by atoms with E-state index >= 15 is 0 Å². The second kappa shape index (κ2) is 10.2. The molecule has 7 heteroatoms. The minimum atomic E-state index is -1.23. The molecule has 3 aromatic rings. The second-order valence-electron chi connectivity index (χ2n) is 13.3. The predicted molar refractivity (Wildman–Crippen MR) is 162 cm³/mol. The van der Waals surface area contributed by atoms with Crippen LogP contribution in [0.3, 0.4) is 0 Å². The maximum atomic E-state index is 14.4. The van der Waals surface area contributed by atoms with Gasteiger partial charge in [0.1, 0.15) is 0 Å². The zero-order valence-corrected chi connectivity index (χ0v) is 25.1. The Kier molecular flexibility index (Phi) is 6.72. The summed E-state index contributed by atoms with van der Waals surface area (Å²) in [6, 6.07) is 13.3. The van der Waals surface area contributed by atoms with E-state index in [1.807, 2.05) is 36.4 Å². The topological polar surface area (TPSA) is 86.5 Å². The van der Waals surface area contributed by atoms with Crippen molar-refractivity contribution < 1.29 is 23.5 Å². The Morgan fingerprint density at radius 3 is 2.71 bits per heavy atom. The normalized spacial score (nSPS) is 33.8. The molecule has 0 spiro atoms. The molecule has 6 nitrogen and oxygen atoms in total. The quantitative estimate of drug-likeness (QED) is 0.284. The van der Waals surface area contributed by atoms with E-state index in [0.717, 1.165) is 55.0 Å². The molecule has 2 heterocycles. The molecule has 218 valence electrons. The van der Waals surface area contributed by atoms with Gasteiger partial charge in [-0.05, 0) is 104 Å². The first kappa shape index (κ1) is 27.6. The van der Waals surface area contributed by atoms with Gasteiger partial charge in [-0.1, -0.05) is 49.4 Å². The lowest BCUT2D eigenvalue weighted by Gasteiger charge is -2.59. The molecule has 4 aliphatic rings. The number of allylic oxidation sites excluding steroid dienone is 1. The minimum absolute atomic E-state index is 0.0388. The number of hydrogen-bond donors (Lipinski definition) is 0. The molecule has 4 aliphatic carbocycles. The minimum Gasteiger partial charge on any atom is -0.457 e. The zero-order chi connectivity index (χ0) is 29.1. The number of esters is 1. The summed E-state index contributed by atoms with van der Waals surface area (Å²) in [6.45, 7) is 4.57. The third kappa shape index (κ3) is 4.22. The fourth-order valence-corrected chi connectivity index (χ4v) is 10.3.